The van der Waals surface area contributed by atoms with Crippen molar-refractivity contribution in [2.75, 3.05) is 13.2 Å². The molecule has 0 saturated heterocycles. The Hall–Kier alpha value is -1.66. The lowest BCUT2D eigenvalue weighted by molar-refractivity contribution is -0.143. The first-order chi connectivity index (χ1) is 31.5. The first-order valence-electron chi connectivity index (χ1n) is 28.6. The molecule has 0 bridgehead atoms. The Kier molecular flexibility index (Phi) is 52.6. The third kappa shape index (κ3) is 49.8. The molecule has 0 aromatic heterocycles. The average Bonchev–Trinajstić information content (AvgIpc) is 3.29. The molecule has 64 heavy (non-hydrogen) atoms. The number of nitrogens with one attached hydrogen (secondary N) is 1. The summed E-state index contributed by atoms with van der Waals surface area (Å²) < 4.78 is 5.47. The van der Waals surface area contributed by atoms with Crippen LogP contribution in [0.2, 0.25) is 0 Å². The standard InChI is InChI=1S/C58H111NO5/c1-3-5-7-9-11-13-15-17-28-32-36-40-44-48-52-58(63)64-53-49-45-41-37-33-29-25-23-21-19-18-20-22-24-27-31-35-39-43-47-51-57(62)59-55(54-60)56(61)50-46-42-38-34-30-26-16-14-12-10-8-6-4-2/h15,17-18,20,55-56,60-61H,3-14,16,19,21-54H2,1-2H3,(H,59,62)/b17-15-,20-18-. The Bertz CT molecular complexity index is 997. The number of hydrogen-bond acceptors (Lipinski definition) is 5. The number of unbranched alkanes of at least 4 members (excludes halogenated alkanes) is 38. The first-order valence-corrected chi connectivity index (χ1v) is 28.6. The number of aliphatic hydroxyl groups is 2. The minimum absolute atomic E-state index is 0.00227. The van der Waals surface area contributed by atoms with Crippen LogP contribution >= 0.6 is 0 Å². The molecule has 0 aliphatic rings. The quantitative estimate of drug-likeness (QED) is 0.0321. The van der Waals surface area contributed by atoms with Gasteiger partial charge in [-0.05, 0) is 77.0 Å². The third-order valence-electron chi connectivity index (χ3n) is 13.2. The summed E-state index contributed by atoms with van der Waals surface area (Å²) in [5.41, 5.74) is 0. The number of rotatable bonds is 53. The number of carbonyl (C=O) groups excluding carboxylic acids is 2. The average molecular weight is 903 g/mol. The first kappa shape index (κ1) is 62.3. The maximum atomic E-state index is 12.4. The topological polar surface area (TPSA) is 95.9 Å². The van der Waals surface area contributed by atoms with Gasteiger partial charge in [0.05, 0.1) is 25.4 Å². The lowest BCUT2D eigenvalue weighted by Gasteiger charge is -2.22. The zero-order chi connectivity index (χ0) is 46.5. The van der Waals surface area contributed by atoms with Gasteiger partial charge in [-0.3, -0.25) is 9.59 Å². The van der Waals surface area contributed by atoms with Crippen LogP contribution in [-0.2, 0) is 14.3 Å². The number of amides is 1. The normalized spacial score (nSPS) is 12.8. The molecule has 0 fully saturated rings. The summed E-state index contributed by atoms with van der Waals surface area (Å²) >= 11 is 0. The number of carbonyl (C=O) groups is 2. The molecule has 3 N–H and O–H groups in total. The van der Waals surface area contributed by atoms with E-state index in [1.54, 1.807) is 0 Å². The molecule has 0 aromatic rings. The molecule has 0 radical (unpaired) electrons. The van der Waals surface area contributed by atoms with Gasteiger partial charge in [-0.1, -0.05) is 244 Å². The van der Waals surface area contributed by atoms with Gasteiger partial charge in [-0.2, -0.15) is 0 Å². The highest BCUT2D eigenvalue weighted by molar-refractivity contribution is 5.76. The Morgan fingerprint density at radius 2 is 0.734 bits per heavy atom. The molecule has 0 spiro atoms. The molecule has 0 saturated carbocycles. The number of hydrogen-bond donors (Lipinski definition) is 3. The van der Waals surface area contributed by atoms with Crippen molar-refractivity contribution in [3.63, 3.8) is 0 Å². The van der Waals surface area contributed by atoms with Gasteiger partial charge in [-0.25, -0.2) is 0 Å². The molecular weight excluding hydrogens is 791 g/mol. The van der Waals surface area contributed by atoms with E-state index in [0.29, 0.717) is 25.9 Å². The molecular formula is C58H111NO5. The van der Waals surface area contributed by atoms with Crippen molar-refractivity contribution in [2.45, 2.75) is 321 Å². The van der Waals surface area contributed by atoms with Crippen LogP contribution in [0.3, 0.4) is 0 Å². The van der Waals surface area contributed by atoms with Gasteiger partial charge in [0.1, 0.15) is 0 Å². The summed E-state index contributed by atoms with van der Waals surface area (Å²) in [5, 5.41) is 23.2. The van der Waals surface area contributed by atoms with Gasteiger partial charge in [0, 0.05) is 12.8 Å². The van der Waals surface area contributed by atoms with Crippen molar-refractivity contribution in [3.05, 3.63) is 24.3 Å². The van der Waals surface area contributed by atoms with E-state index in [-0.39, 0.29) is 18.5 Å². The van der Waals surface area contributed by atoms with Crippen molar-refractivity contribution in [3.8, 4) is 0 Å². The highest BCUT2D eigenvalue weighted by Crippen LogP contribution is 2.16. The maximum Gasteiger partial charge on any atom is 0.305 e. The fourth-order valence-electron chi connectivity index (χ4n) is 8.81. The second-order valence-corrected chi connectivity index (χ2v) is 19.6. The fraction of sp³-hybridized carbons (Fsp3) is 0.897. The fourth-order valence-corrected chi connectivity index (χ4v) is 8.81. The molecule has 2 unspecified atom stereocenters. The molecule has 1 amide bonds. The van der Waals surface area contributed by atoms with Crippen molar-refractivity contribution in [1.29, 1.82) is 0 Å². The zero-order valence-corrected chi connectivity index (χ0v) is 43.0. The van der Waals surface area contributed by atoms with Crippen molar-refractivity contribution in [1.82, 2.24) is 5.32 Å². The van der Waals surface area contributed by atoms with E-state index in [9.17, 15) is 19.8 Å². The number of aliphatic hydroxyl groups excluding tert-OH is 2. The highest BCUT2D eigenvalue weighted by atomic mass is 16.5. The minimum Gasteiger partial charge on any atom is -0.466 e. The molecule has 0 heterocycles. The number of ether oxygens (including phenoxy) is 1. The highest BCUT2D eigenvalue weighted by Gasteiger charge is 2.20. The van der Waals surface area contributed by atoms with Crippen LogP contribution in [0.4, 0.5) is 0 Å². The molecule has 0 aliphatic heterocycles. The Morgan fingerprint density at radius 1 is 0.422 bits per heavy atom. The van der Waals surface area contributed by atoms with E-state index in [0.717, 1.165) is 44.9 Å². The lowest BCUT2D eigenvalue weighted by Crippen LogP contribution is -2.45. The smallest absolute Gasteiger partial charge is 0.305 e. The van der Waals surface area contributed by atoms with Crippen LogP contribution in [0, 0.1) is 0 Å². The van der Waals surface area contributed by atoms with Crippen molar-refractivity contribution < 1.29 is 24.5 Å². The summed E-state index contributed by atoms with van der Waals surface area (Å²) in [5.74, 6) is -0.0456. The van der Waals surface area contributed by atoms with Crippen LogP contribution in [0.15, 0.2) is 24.3 Å². The summed E-state index contributed by atoms with van der Waals surface area (Å²) in [6.07, 6.45) is 64.5. The van der Waals surface area contributed by atoms with E-state index >= 15 is 0 Å². The van der Waals surface area contributed by atoms with Crippen LogP contribution in [-0.4, -0.2) is 47.4 Å². The van der Waals surface area contributed by atoms with Crippen molar-refractivity contribution in [2.24, 2.45) is 0 Å². The second-order valence-electron chi connectivity index (χ2n) is 19.6. The molecule has 0 rings (SSSR count). The van der Waals surface area contributed by atoms with Gasteiger partial charge in [0.2, 0.25) is 5.91 Å². The maximum absolute atomic E-state index is 12.4. The van der Waals surface area contributed by atoms with Gasteiger partial charge < -0.3 is 20.3 Å². The van der Waals surface area contributed by atoms with Gasteiger partial charge in [0.15, 0.2) is 0 Å². The second kappa shape index (κ2) is 54.0. The van der Waals surface area contributed by atoms with Crippen LogP contribution < -0.4 is 5.32 Å². The van der Waals surface area contributed by atoms with Crippen LogP contribution in [0.5, 0.6) is 0 Å². The van der Waals surface area contributed by atoms with E-state index in [2.05, 4.69) is 43.5 Å². The zero-order valence-electron chi connectivity index (χ0n) is 43.0. The molecule has 6 nitrogen and oxygen atoms in total. The largest absolute Gasteiger partial charge is 0.466 e. The summed E-state index contributed by atoms with van der Waals surface area (Å²) in [6.45, 7) is 4.93. The lowest BCUT2D eigenvalue weighted by atomic mass is 10.0. The Labute approximate surface area is 399 Å². The Balaban J connectivity index is 3.43. The van der Waals surface area contributed by atoms with Gasteiger partial charge in [0.25, 0.3) is 0 Å². The van der Waals surface area contributed by atoms with E-state index in [1.807, 2.05) is 0 Å². The van der Waals surface area contributed by atoms with Crippen LogP contribution in [0.25, 0.3) is 0 Å². The number of esters is 1. The van der Waals surface area contributed by atoms with Crippen LogP contribution in [0.1, 0.15) is 309 Å². The van der Waals surface area contributed by atoms with Crippen molar-refractivity contribution >= 4 is 11.9 Å². The molecule has 378 valence electrons. The summed E-state index contributed by atoms with van der Waals surface area (Å²) in [7, 11) is 0. The molecule has 6 heteroatoms. The van der Waals surface area contributed by atoms with Gasteiger partial charge in [-0.15, -0.1) is 0 Å². The van der Waals surface area contributed by atoms with Gasteiger partial charge >= 0.3 is 5.97 Å². The predicted molar refractivity (Wildman–Crippen MR) is 278 cm³/mol. The number of allylic oxidation sites excluding steroid dienone is 4. The SMILES string of the molecule is CCCCCCC/C=C\CCCCCCCC(=O)OCCCCCCCCCCC/C=C\CCCCCCCCCC(=O)NC(CO)C(O)CCCCCCCCCCCCCCC. The summed E-state index contributed by atoms with van der Waals surface area (Å²) in [6, 6.07) is -0.547. The molecule has 0 aliphatic carbocycles. The Morgan fingerprint density at radius 3 is 1.11 bits per heavy atom. The van der Waals surface area contributed by atoms with E-state index in [1.165, 1.54) is 231 Å². The molecule has 0 aromatic carbocycles. The molecule has 2 atom stereocenters. The minimum atomic E-state index is -0.669. The monoisotopic (exact) mass is 902 g/mol. The third-order valence-corrected chi connectivity index (χ3v) is 13.2. The van der Waals surface area contributed by atoms with E-state index < -0.39 is 12.1 Å². The van der Waals surface area contributed by atoms with E-state index in [4.69, 9.17) is 4.74 Å². The predicted octanol–water partition coefficient (Wildman–Crippen LogP) is 17.5. The summed E-state index contributed by atoms with van der Waals surface area (Å²) in [4.78, 5) is 24.5.